The van der Waals surface area contributed by atoms with Crippen molar-refractivity contribution in [1.82, 2.24) is 9.29 Å². The van der Waals surface area contributed by atoms with Crippen LogP contribution >= 0.6 is 11.6 Å². The second-order valence-electron chi connectivity index (χ2n) is 5.03. The highest BCUT2D eigenvalue weighted by Crippen LogP contribution is 2.24. The van der Waals surface area contributed by atoms with Crippen LogP contribution < -0.4 is 5.32 Å². The Bertz CT molecular complexity index is 588. The predicted molar refractivity (Wildman–Crippen MR) is 82.2 cm³/mol. The van der Waals surface area contributed by atoms with Crippen molar-refractivity contribution in [2.45, 2.75) is 30.3 Å². The Balaban J connectivity index is 2.14. The van der Waals surface area contributed by atoms with Crippen molar-refractivity contribution in [3.05, 3.63) is 17.3 Å². The van der Waals surface area contributed by atoms with Crippen LogP contribution in [0, 0.1) is 0 Å². The van der Waals surface area contributed by atoms with E-state index < -0.39 is 10.0 Å². The number of aromatic nitrogens is 1. The summed E-state index contributed by atoms with van der Waals surface area (Å²) in [5.41, 5.74) is 0. The maximum Gasteiger partial charge on any atom is 0.244 e. The van der Waals surface area contributed by atoms with Crippen LogP contribution in [-0.2, 0) is 14.8 Å². The molecule has 1 saturated heterocycles. The van der Waals surface area contributed by atoms with Crippen LogP contribution in [0.3, 0.4) is 0 Å². The maximum absolute atomic E-state index is 12.5. The Kier molecular flexibility index (Phi) is 5.43. The number of halogens is 1. The summed E-state index contributed by atoms with van der Waals surface area (Å²) >= 11 is 6.00. The fourth-order valence-electron chi connectivity index (χ4n) is 2.26. The van der Waals surface area contributed by atoms with E-state index in [1.54, 1.807) is 14.1 Å². The summed E-state index contributed by atoms with van der Waals surface area (Å²) in [7, 11) is -0.383. The molecule has 1 unspecified atom stereocenters. The second kappa shape index (κ2) is 6.91. The monoisotopic (exact) mass is 333 g/mol. The van der Waals surface area contributed by atoms with Crippen LogP contribution in [0.25, 0.3) is 0 Å². The van der Waals surface area contributed by atoms with E-state index in [9.17, 15) is 8.42 Å². The molecule has 0 bridgehead atoms. The number of pyridine rings is 1. The fourth-order valence-corrected chi connectivity index (χ4v) is 3.76. The molecule has 0 spiro atoms. The highest BCUT2D eigenvalue weighted by Gasteiger charge is 2.26. The van der Waals surface area contributed by atoms with Crippen molar-refractivity contribution >= 4 is 27.4 Å². The van der Waals surface area contributed by atoms with E-state index in [0.29, 0.717) is 19.0 Å². The van der Waals surface area contributed by atoms with Crippen LogP contribution in [0.5, 0.6) is 0 Å². The number of ether oxygens (including phenoxy) is 1. The Morgan fingerprint density at radius 1 is 1.52 bits per heavy atom. The first-order valence-corrected chi connectivity index (χ1v) is 8.68. The zero-order chi connectivity index (χ0) is 15.5. The van der Waals surface area contributed by atoms with Gasteiger partial charge in [0.2, 0.25) is 10.0 Å². The molecule has 0 aromatic carbocycles. The van der Waals surface area contributed by atoms with E-state index in [1.165, 1.54) is 16.6 Å². The fraction of sp³-hybridized carbons (Fsp3) is 0.615. The molecule has 0 aliphatic carbocycles. The van der Waals surface area contributed by atoms with Gasteiger partial charge in [-0.3, -0.25) is 0 Å². The van der Waals surface area contributed by atoms with E-state index in [0.717, 1.165) is 19.3 Å². The highest BCUT2D eigenvalue weighted by molar-refractivity contribution is 7.89. The van der Waals surface area contributed by atoms with Crippen LogP contribution in [0.15, 0.2) is 17.2 Å². The van der Waals surface area contributed by atoms with Gasteiger partial charge < -0.3 is 10.1 Å². The molecule has 1 atom stereocenters. The molecule has 0 radical (unpaired) electrons. The third-order valence-electron chi connectivity index (χ3n) is 3.50. The number of hydrogen-bond acceptors (Lipinski definition) is 5. The van der Waals surface area contributed by atoms with Gasteiger partial charge in [-0.1, -0.05) is 11.6 Å². The lowest BCUT2D eigenvalue weighted by Crippen LogP contribution is -2.37. The van der Waals surface area contributed by atoms with Gasteiger partial charge in [-0.25, -0.2) is 13.4 Å². The molecule has 0 saturated carbocycles. The first-order chi connectivity index (χ1) is 9.95. The van der Waals surface area contributed by atoms with Gasteiger partial charge in [0, 0.05) is 33.4 Å². The van der Waals surface area contributed by atoms with Crippen molar-refractivity contribution in [1.29, 1.82) is 0 Å². The molecule has 8 heteroatoms. The quantitative estimate of drug-likeness (QED) is 0.892. The van der Waals surface area contributed by atoms with Crippen LogP contribution in [-0.4, -0.2) is 51.1 Å². The molecule has 1 aromatic rings. The average Bonchev–Trinajstić information content (AvgIpc) is 2.48. The van der Waals surface area contributed by atoms with Gasteiger partial charge >= 0.3 is 0 Å². The molecule has 2 heterocycles. The van der Waals surface area contributed by atoms with Crippen molar-refractivity contribution in [2.24, 2.45) is 0 Å². The van der Waals surface area contributed by atoms with Gasteiger partial charge in [0.05, 0.1) is 11.1 Å². The van der Waals surface area contributed by atoms with Crippen LogP contribution in [0.2, 0.25) is 5.02 Å². The summed E-state index contributed by atoms with van der Waals surface area (Å²) in [6.45, 7) is 1.04. The SMILES string of the molecule is CNc1ncc(S(=O)(=O)N(C)CC2CCCCO2)cc1Cl. The average molecular weight is 334 g/mol. The minimum absolute atomic E-state index is 0.0430. The summed E-state index contributed by atoms with van der Waals surface area (Å²) in [5, 5.41) is 3.08. The molecule has 0 amide bonds. The van der Waals surface area contributed by atoms with Gasteiger partial charge in [0.1, 0.15) is 10.7 Å². The lowest BCUT2D eigenvalue weighted by Gasteiger charge is -2.27. The number of hydrogen-bond donors (Lipinski definition) is 1. The van der Waals surface area contributed by atoms with Gasteiger partial charge in [-0.15, -0.1) is 0 Å². The zero-order valence-corrected chi connectivity index (χ0v) is 13.7. The summed E-state index contributed by atoms with van der Waals surface area (Å²) in [6.07, 6.45) is 4.27. The maximum atomic E-state index is 12.5. The number of rotatable bonds is 5. The normalized spacial score (nSPS) is 19.7. The molecule has 6 nitrogen and oxygen atoms in total. The minimum Gasteiger partial charge on any atom is -0.377 e. The van der Waals surface area contributed by atoms with Crippen LogP contribution in [0.1, 0.15) is 19.3 Å². The Morgan fingerprint density at radius 3 is 2.86 bits per heavy atom. The molecule has 2 rings (SSSR count). The first kappa shape index (κ1) is 16.5. The third kappa shape index (κ3) is 3.85. The van der Waals surface area contributed by atoms with E-state index in [4.69, 9.17) is 16.3 Å². The smallest absolute Gasteiger partial charge is 0.244 e. The zero-order valence-electron chi connectivity index (χ0n) is 12.2. The van der Waals surface area contributed by atoms with Gasteiger partial charge in [-0.2, -0.15) is 4.31 Å². The summed E-state index contributed by atoms with van der Waals surface area (Å²) < 4.78 is 31.9. The number of nitrogens with zero attached hydrogens (tertiary/aromatic N) is 2. The van der Waals surface area contributed by atoms with Crippen molar-refractivity contribution in [2.75, 3.05) is 32.6 Å². The Hall–Kier alpha value is -0.890. The van der Waals surface area contributed by atoms with Crippen molar-refractivity contribution in [3.63, 3.8) is 0 Å². The Labute approximate surface area is 130 Å². The topological polar surface area (TPSA) is 71.5 Å². The molecular formula is C13H20ClN3O3S. The first-order valence-electron chi connectivity index (χ1n) is 6.86. The van der Waals surface area contributed by atoms with Gasteiger partial charge in [0.15, 0.2) is 0 Å². The molecule has 1 fully saturated rings. The highest BCUT2D eigenvalue weighted by atomic mass is 35.5. The minimum atomic E-state index is -3.61. The van der Waals surface area contributed by atoms with Crippen molar-refractivity contribution < 1.29 is 13.2 Å². The predicted octanol–water partition coefficient (Wildman–Crippen LogP) is 1.97. The van der Waals surface area contributed by atoms with Crippen molar-refractivity contribution in [3.8, 4) is 0 Å². The number of anilines is 1. The summed E-state index contributed by atoms with van der Waals surface area (Å²) in [6, 6.07) is 1.41. The molecular weight excluding hydrogens is 314 g/mol. The van der Waals surface area contributed by atoms with Gasteiger partial charge in [-0.05, 0) is 25.3 Å². The van der Waals surface area contributed by atoms with E-state index >= 15 is 0 Å². The molecule has 1 aromatic heterocycles. The Morgan fingerprint density at radius 2 is 2.29 bits per heavy atom. The molecule has 1 aliphatic heterocycles. The number of nitrogens with one attached hydrogen (secondary N) is 1. The van der Waals surface area contributed by atoms with Gasteiger partial charge in [0.25, 0.3) is 0 Å². The van der Waals surface area contributed by atoms with E-state index in [-0.39, 0.29) is 16.0 Å². The molecule has 118 valence electrons. The standard InChI is InChI=1S/C13H20ClN3O3S/c1-15-13-12(14)7-11(8-16-13)21(18,19)17(2)9-10-5-3-4-6-20-10/h7-8,10H,3-6,9H2,1-2H3,(H,15,16). The number of sulfonamides is 1. The molecule has 1 aliphatic rings. The third-order valence-corrected chi connectivity index (χ3v) is 5.57. The summed E-state index contributed by atoms with van der Waals surface area (Å²) in [4.78, 5) is 4.10. The summed E-state index contributed by atoms with van der Waals surface area (Å²) in [5.74, 6) is 0.453. The van der Waals surface area contributed by atoms with E-state index in [1.807, 2.05) is 0 Å². The lowest BCUT2D eigenvalue weighted by molar-refractivity contribution is 0.00858. The van der Waals surface area contributed by atoms with Crippen LogP contribution in [0.4, 0.5) is 5.82 Å². The largest absolute Gasteiger partial charge is 0.377 e. The van der Waals surface area contributed by atoms with E-state index in [2.05, 4.69) is 10.3 Å². The lowest BCUT2D eigenvalue weighted by atomic mass is 10.1. The molecule has 1 N–H and O–H groups in total. The second-order valence-corrected chi connectivity index (χ2v) is 7.48. The molecule has 21 heavy (non-hydrogen) atoms. The number of likely N-dealkylation sites (N-methyl/N-ethyl adjacent to an activating group) is 1.